The molecule has 3 nitrogen and oxygen atoms in total. The summed E-state index contributed by atoms with van der Waals surface area (Å²) < 4.78 is 0. The molecule has 4 rings (SSSR count). The summed E-state index contributed by atoms with van der Waals surface area (Å²) in [6.45, 7) is 0. The van der Waals surface area contributed by atoms with E-state index >= 15 is 0 Å². The number of nitrogens with zero attached hydrogens (tertiary/aromatic N) is 1. The summed E-state index contributed by atoms with van der Waals surface area (Å²) in [5, 5.41) is 3.00. The lowest BCUT2D eigenvalue weighted by Crippen LogP contribution is -2.41. The molecule has 23 heavy (non-hydrogen) atoms. The molecule has 3 heteroatoms. The number of amidine groups is 1. The summed E-state index contributed by atoms with van der Waals surface area (Å²) in [6.07, 6.45) is 5.16. The predicted molar refractivity (Wildman–Crippen MR) is 92.4 cm³/mol. The maximum Gasteiger partial charge on any atom is 0.253 e. The van der Waals surface area contributed by atoms with Crippen LogP contribution in [-0.4, -0.2) is 17.3 Å². The molecule has 1 spiro atoms. The minimum Gasteiger partial charge on any atom is -0.308 e. The fraction of sp³-hybridized carbons (Fsp3) is 0.300. The minimum atomic E-state index is -0.494. The molecule has 0 saturated heterocycles. The highest BCUT2D eigenvalue weighted by Crippen LogP contribution is 2.35. The van der Waals surface area contributed by atoms with Crippen LogP contribution in [0.25, 0.3) is 11.1 Å². The van der Waals surface area contributed by atoms with E-state index in [1.165, 1.54) is 17.5 Å². The van der Waals surface area contributed by atoms with Gasteiger partial charge >= 0.3 is 0 Å². The van der Waals surface area contributed by atoms with Crippen molar-refractivity contribution in [3.8, 4) is 11.1 Å². The Morgan fingerprint density at radius 2 is 1.39 bits per heavy atom. The molecule has 1 aliphatic heterocycles. The lowest BCUT2D eigenvalue weighted by molar-refractivity contribution is -0.124. The number of carbonyl (C=O) groups excluding carboxylic acids is 1. The SMILES string of the molecule is O=C1NC(c2ccc(-c3ccccc3)cc2)=NC12CCCCC2. The van der Waals surface area contributed by atoms with Crippen molar-refractivity contribution in [2.24, 2.45) is 4.99 Å². The normalized spacial score (nSPS) is 19.5. The van der Waals surface area contributed by atoms with Gasteiger partial charge in [-0.3, -0.25) is 9.79 Å². The van der Waals surface area contributed by atoms with Crippen LogP contribution in [-0.2, 0) is 4.79 Å². The highest BCUT2D eigenvalue weighted by Gasteiger charge is 2.44. The standard InChI is InChI=1S/C20H20N2O/c23-19-20(13-5-2-6-14-20)22-18(21-19)17-11-9-16(10-12-17)15-7-3-1-4-8-15/h1,3-4,7-12H,2,5-6,13-14H2,(H,21,22,23). The van der Waals surface area contributed by atoms with Crippen molar-refractivity contribution in [2.75, 3.05) is 0 Å². The molecule has 2 aromatic carbocycles. The average molecular weight is 304 g/mol. The van der Waals surface area contributed by atoms with Crippen molar-refractivity contribution in [1.82, 2.24) is 5.32 Å². The molecule has 0 bridgehead atoms. The van der Waals surface area contributed by atoms with E-state index in [0.717, 1.165) is 37.1 Å². The van der Waals surface area contributed by atoms with Gasteiger partial charge in [0, 0.05) is 5.56 Å². The van der Waals surface area contributed by atoms with Crippen molar-refractivity contribution >= 4 is 11.7 Å². The average Bonchev–Trinajstić information content (AvgIpc) is 2.93. The molecule has 0 atom stereocenters. The molecule has 1 heterocycles. The first kappa shape index (κ1) is 14.2. The number of aliphatic imine (C=N–C) groups is 1. The van der Waals surface area contributed by atoms with E-state index in [-0.39, 0.29) is 5.91 Å². The zero-order valence-electron chi connectivity index (χ0n) is 13.1. The van der Waals surface area contributed by atoms with Crippen LogP contribution in [0.2, 0.25) is 0 Å². The van der Waals surface area contributed by atoms with Crippen LogP contribution in [0.4, 0.5) is 0 Å². The second-order valence-corrected chi connectivity index (χ2v) is 6.45. The summed E-state index contributed by atoms with van der Waals surface area (Å²) in [5.41, 5.74) is 2.86. The van der Waals surface area contributed by atoms with E-state index in [1.54, 1.807) is 0 Å². The summed E-state index contributed by atoms with van der Waals surface area (Å²) in [5.74, 6) is 0.816. The quantitative estimate of drug-likeness (QED) is 0.897. The number of nitrogens with one attached hydrogen (secondary N) is 1. The predicted octanol–water partition coefficient (Wildman–Crippen LogP) is 3.93. The van der Waals surface area contributed by atoms with Crippen LogP contribution in [0, 0.1) is 0 Å². The molecule has 0 unspecified atom stereocenters. The third-order valence-corrected chi connectivity index (χ3v) is 4.93. The van der Waals surface area contributed by atoms with Crippen molar-refractivity contribution in [1.29, 1.82) is 0 Å². The Hall–Kier alpha value is -2.42. The van der Waals surface area contributed by atoms with Gasteiger partial charge in [0.2, 0.25) is 0 Å². The molecule has 0 radical (unpaired) electrons. The highest BCUT2D eigenvalue weighted by molar-refractivity contribution is 6.15. The van der Waals surface area contributed by atoms with Crippen LogP contribution in [0.3, 0.4) is 0 Å². The molecule has 1 fully saturated rings. The Morgan fingerprint density at radius 1 is 0.783 bits per heavy atom. The first-order valence-electron chi connectivity index (χ1n) is 8.34. The van der Waals surface area contributed by atoms with Gasteiger partial charge in [0.05, 0.1) is 0 Å². The Bertz CT molecular complexity index is 741. The van der Waals surface area contributed by atoms with Gasteiger partial charge in [-0.05, 0) is 24.0 Å². The zero-order valence-corrected chi connectivity index (χ0v) is 13.1. The Balaban J connectivity index is 1.61. The first-order chi connectivity index (χ1) is 11.3. The number of rotatable bonds is 2. The van der Waals surface area contributed by atoms with Gasteiger partial charge in [0.25, 0.3) is 5.91 Å². The minimum absolute atomic E-state index is 0.0827. The van der Waals surface area contributed by atoms with Gasteiger partial charge in [-0.15, -0.1) is 0 Å². The Labute approximate surface area is 136 Å². The molecule has 2 aliphatic rings. The van der Waals surface area contributed by atoms with Crippen LogP contribution in [0.5, 0.6) is 0 Å². The number of hydrogen-bond donors (Lipinski definition) is 1. The number of hydrogen-bond acceptors (Lipinski definition) is 2. The summed E-state index contributed by atoms with van der Waals surface area (Å²) in [7, 11) is 0. The molecular weight excluding hydrogens is 284 g/mol. The van der Waals surface area contributed by atoms with E-state index in [0.29, 0.717) is 0 Å². The number of amides is 1. The third-order valence-electron chi connectivity index (χ3n) is 4.93. The van der Waals surface area contributed by atoms with E-state index in [9.17, 15) is 4.79 Å². The van der Waals surface area contributed by atoms with Crippen molar-refractivity contribution in [2.45, 2.75) is 37.6 Å². The summed E-state index contributed by atoms with van der Waals surface area (Å²) in [6, 6.07) is 18.6. The fourth-order valence-corrected chi connectivity index (χ4v) is 3.58. The van der Waals surface area contributed by atoms with Crippen molar-refractivity contribution < 1.29 is 4.79 Å². The molecular formula is C20H20N2O. The largest absolute Gasteiger partial charge is 0.308 e. The van der Waals surface area contributed by atoms with E-state index < -0.39 is 5.54 Å². The summed E-state index contributed by atoms with van der Waals surface area (Å²) in [4.78, 5) is 17.2. The van der Waals surface area contributed by atoms with Crippen LogP contribution < -0.4 is 5.32 Å². The van der Waals surface area contributed by atoms with Gasteiger partial charge in [0.1, 0.15) is 11.4 Å². The van der Waals surface area contributed by atoms with Crippen LogP contribution in [0.1, 0.15) is 37.7 Å². The second-order valence-electron chi connectivity index (χ2n) is 6.45. The number of benzene rings is 2. The molecule has 0 aromatic heterocycles. The maximum absolute atomic E-state index is 12.4. The molecule has 1 N–H and O–H groups in total. The van der Waals surface area contributed by atoms with Gasteiger partial charge in [-0.25, -0.2) is 0 Å². The molecule has 116 valence electrons. The highest BCUT2D eigenvalue weighted by atomic mass is 16.2. The molecule has 2 aromatic rings. The molecule has 1 aliphatic carbocycles. The van der Waals surface area contributed by atoms with Crippen molar-refractivity contribution in [3.05, 3.63) is 60.2 Å². The summed E-state index contributed by atoms with van der Waals surface area (Å²) >= 11 is 0. The van der Waals surface area contributed by atoms with Gasteiger partial charge < -0.3 is 5.32 Å². The first-order valence-corrected chi connectivity index (χ1v) is 8.34. The molecule has 1 saturated carbocycles. The maximum atomic E-state index is 12.4. The van der Waals surface area contributed by atoms with E-state index in [1.807, 2.05) is 30.3 Å². The van der Waals surface area contributed by atoms with Gasteiger partial charge in [0.15, 0.2) is 0 Å². The van der Waals surface area contributed by atoms with E-state index in [4.69, 9.17) is 4.99 Å². The third kappa shape index (κ3) is 2.56. The lowest BCUT2D eigenvalue weighted by atomic mass is 9.82. The van der Waals surface area contributed by atoms with Gasteiger partial charge in [-0.2, -0.15) is 0 Å². The number of carbonyl (C=O) groups is 1. The zero-order chi connectivity index (χ0) is 15.7. The Kier molecular flexibility index (Phi) is 3.49. The molecule has 1 amide bonds. The Morgan fingerprint density at radius 3 is 2.09 bits per heavy atom. The van der Waals surface area contributed by atoms with E-state index in [2.05, 4.69) is 29.6 Å². The van der Waals surface area contributed by atoms with Crippen LogP contribution in [0.15, 0.2) is 59.6 Å². The second kappa shape index (κ2) is 5.65. The topological polar surface area (TPSA) is 41.5 Å². The van der Waals surface area contributed by atoms with Crippen molar-refractivity contribution in [3.63, 3.8) is 0 Å². The lowest BCUT2D eigenvalue weighted by Gasteiger charge is -2.27. The monoisotopic (exact) mass is 304 g/mol. The van der Waals surface area contributed by atoms with Crippen LogP contribution >= 0.6 is 0 Å². The van der Waals surface area contributed by atoms with Gasteiger partial charge in [-0.1, -0.05) is 73.9 Å². The smallest absolute Gasteiger partial charge is 0.253 e. The fourth-order valence-electron chi connectivity index (χ4n) is 3.58.